The number of carbonyl (C=O) groups is 2. The number of benzene rings is 2. The Hall–Kier alpha value is -2.59. The molecule has 0 aliphatic carbocycles. The fourth-order valence-corrected chi connectivity index (χ4v) is 1.87. The average Bonchev–Trinajstić information content (AvgIpc) is 2.46. The van der Waals surface area contributed by atoms with Gasteiger partial charge in [0.1, 0.15) is 0 Å². The Morgan fingerprint density at radius 2 is 1.81 bits per heavy atom. The molecule has 0 aliphatic heterocycles. The maximum Gasteiger partial charge on any atom is 0.328 e. The summed E-state index contributed by atoms with van der Waals surface area (Å²) in [5.74, 6) is -1.26. The molecule has 4 nitrogen and oxygen atoms in total. The lowest BCUT2D eigenvalue weighted by Gasteiger charge is -2.06. The first kappa shape index (κ1) is 14.8. The highest BCUT2D eigenvalue weighted by Gasteiger charge is 2.06. The number of aliphatic carboxylic acids is 1. The molecule has 0 heterocycles. The van der Waals surface area contributed by atoms with Gasteiger partial charge in [0.05, 0.1) is 0 Å². The van der Waals surface area contributed by atoms with Crippen LogP contribution in [0.1, 0.15) is 15.9 Å². The van der Waals surface area contributed by atoms with Crippen LogP contribution in [0.15, 0.2) is 54.6 Å². The van der Waals surface area contributed by atoms with Crippen LogP contribution in [0.5, 0.6) is 0 Å². The van der Waals surface area contributed by atoms with Crippen molar-refractivity contribution in [2.45, 2.75) is 0 Å². The van der Waals surface area contributed by atoms with Crippen molar-refractivity contribution in [2.24, 2.45) is 0 Å². The molecule has 2 aromatic carbocycles. The molecule has 0 spiro atoms. The molecule has 0 atom stereocenters. The second-order valence-corrected chi connectivity index (χ2v) is 4.69. The molecule has 0 saturated heterocycles. The Morgan fingerprint density at radius 1 is 1.10 bits per heavy atom. The molecular weight excluding hydrogens is 290 g/mol. The number of carboxylic acid groups (broad SMARTS) is 1. The molecule has 21 heavy (non-hydrogen) atoms. The zero-order valence-corrected chi connectivity index (χ0v) is 11.7. The number of amides is 1. The van der Waals surface area contributed by atoms with Crippen LogP contribution in [0.3, 0.4) is 0 Å². The molecule has 106 valence electrons. The predicted molar refractivity (Wildman–Crippen MR) is 82.5 cm³/mol. The maximum atomic E-state index is 12.0. The third-order valence-electron chi connectivity index (χ3n) is 2.67. The number of hydrogen-bond donors (Lipinski definition) is 2. The summed E-state index contributed by atoms with van der Waals surface area (Å²) in [5, 5.41) is 11.8. The van der Waals surface area contributed by atoms with Gasteiger partial charge in [-0.2, -0.15) is 0 Å². The van der Waals surface area contributed by atoms with Crippen LogP contribution < -0.4 is 5.32 Å². The van der Waals surface area contributed by atoms with Crippen molar-refractivity contribution < 1.29 is 14.7 Å². The normalized spacial score (nSPS) is 10.5. The van der Waals surface area contributed by atoms with Gasteiger partial charge in [0, 0.05) is 22.3 Å². The highest BCUT2D eigenvalue weighted by atomic mass is 35.5. The fraction of sp³-hybridized carbons (Fsp3) is 0. The molecule has 0 aliphatic rings. The molecule has 0 radical (unpaired) electrons. The van der Waals surface area contributed by atoms with Crippen molar-refractivity contribution in [1.29, 1.82) is 0 Å². The molecule has 2 rings (SSSR count). The van der Waals surface area contributed by atoms with E-state index in [0.29, 0.717) is 16.3 Å². The van der Waals surface area contributed by atoms with Gasteiger partial charge in [-0.3, -0.25) is 4.79 Å². The van der Waals surface area contributed by atoms with Gasteiger partial charge in [-0.15, -0.1) is 0 Å². The Balaban J connectivity index is 2.06. The summed E-state index contributed by atoms with van der Waals surface area (Å²) in [4.78, 5) is 22.4. The Morgan fingerprint density at radius 3 is 2.43 bits per heavy atom. The summed E-state index contributed by atoms with van der Waals surface area (Å²) in [7, 11) is 0. The maximum absolute atomic E-state index is 12.0. The largest absolute Gasteiger partial charge is 0.478 e. The van der Waals surface area contributed by atoms with Crippen molar-refractivity contribution in [3.8, 4) is 0 Å². The van der Waals surface area contributed by atoms with Gasteiger partial charge in [0.25, 0.3) is 5.91 Å². The van der Waals surface area contributed by atoms with Gasteiger partial charge in [-0.25, -0.2) is 4.79 Å². The second-order valence-electron chi connectivity index (χ2n) is 4.26. The van der Waals surface area contributed by atoms with Gasteiger partial charge in [0.2, 0.25) is 0 Å². The van der Waals surface area contributed by atoms with Crippen molar-refractivity contribution in [2.75, 3.05) is 5.32 Å². The fourth-order valence-electron chi connectivity index (χ4n) is 1.68. The van der Waals surface area contributed by atoms with E-state index in [0.717, 1.165) is 11.6 Å². The van der Waals surface area contributed by atoms with Gasteiger partial charge < -0.3 is 10.4 Å². The second kappa shape index (κ2) is 6.72. The van der Waals surface area contributed by atoms with E-state index in [9.17, 15) is 9.59 Å². The van der Waals surface area contributed by atoms with Crippen molar-refractivity contribution in [3.05, 3.63) is 70.8 Å². The molecular formula is C16H12ClNO3. The number of hydrogen-bond acceptors (Lipinski definition) is 2. The minimum atomic E-state index is -1.01. The highest BCUT2D eigenvalue weighted by molar-refractivity contribution is 6.31. The Kier molecular flexibility index (Phi) is 4.74. The minimum Gasteiger partial charge on any atom is -0.478 e. The van der Waals surface area contributed by atoms with Gasteiger partial charge in [-0.05, 0) is 42.0 Å². The monoisotopic (exact) mass is 301 g/mol. The molecule has 0 saturated carbocycles. The van der Waals surface area contributed by atoms with Crippen LogP contribution in [0.25, 0.3) is 6.08 Å². The number of anilines is 1. The number of rotatable bonds is 4. The smallest absolute Gasteiger partial charge is 0.328 e. The van der Waals surface area contributed by atoms with E-state index in [1.54, 1.807) is 48.5 Å². The van der Waals surface area contributed by atoms with Gasteiger partial charge >= 0.3 is 5.97 Å². The quantitative estimate of drug-likeness (QED) is 0.846. The average molecular weight is 302 g/mol. The van der Waals surface area contributed by atoms with Crippen LogP contribution in [-0.4, -0.2) is 17.0 Å². The first-order valence-corrected chi connectivity index (χ1v) is 6.50. The number of halogens is 1. The van der Waals surface area contributed by atoms with Gasteiger partial charge in [-0.1, -0.05) is 29.8 Å². The first-order valence-electron chi connectivity index (χ1n) is 6.12. The van der Waals surface area contributed by atoms with E-state index in [4.69, 9.17) is 16.7 Å². The topological polar surface area (TPSA) is 66.4 Å². The van der Waals surface area contributed by atoms with E-state index < -0.39 is 5.97 Å². The lowest BCUT2D eigenvalue weighted by atomic mass is 10.1. The molecule has 0 bridgehead atoms. The van der Waals surface area contributed by atoms with Gasteiger partial charge in [0.15, 0.2) is 0 Å². The summed E-state index contributed by atoms with van der Waals surface area (Å²) in [5.41, 5.74) is 1.82. The summed E-state index contributed by atoms with van der Waals surface area (Å²) < 4.78 is 0. The first-order chi connectivity index (χ1) is 10.0. The SMILES string of the molecule is O=C(O)/C=C/c1ccc(NC(=O)c2cccc(Cl)c2)cc1. The Bertz CT molecular complexity index is 693. The minimum absolute atomic E-state index is 0.258. The zero-order valence-electron chi connectivity index (χ0n) is 10.9. The molecule has 0 unspecified atom stereocenters. The number of carboxylic acids is 1. The predicted octanol–water partition coefficient (Wildman–Crippen LogP) is 3.69. The lowest BCUT2D eigenvalue weighted by Crippen LogP contribution is -2.11. The van der Waals surface area contributed by atoms with Crippen LogP contribution in [-0.2, 0) is 4.79 Å². The van der Waals surface area contributed by atoms with Crippen LogP contribution in [0.2, 0.25) is 5.02 Å². The van der Waals surface area contributed by atoms with E-state index >= 15 is 0 Å². The van der Waals surface area contributed by atoms with Crippen LogP contribution in [0, 0.1) is 0 Å². The van der Waals surface area contributed by atoms with E-state index in [1.807, 2.05) is 0 Å². The highest BCUT2D eigenvalue weighted by Crippen LogP contribution is 2.15. The van der Waals surface area contributed by atoms with Crippen LogP contribution >= 0.6 is 11.6 Å². The molecule has 5 heteroatoms. The third-order valence-corrected chi connectivity index (χ3v) is 2.91. The van der Waals surface area contributed by atoms with E-state index in [-0.39, 0.29) is 5.91 Å². The molecule has 2 N–H and O–H groups in total. The number of carbonyl (C=O) groups excluding carboxylic acids is 1. The Labute approximate surface area is 126 Å². The summed E-state index contributed by atoms with van der Waals surface area (Å²) in [6.07, 6.45) is 2.53. The summed E-state index contributed by atoms with van der Waals surface area (Å²) in [6.45, 7) is 0. The third kappa shape index (κ3) is 4.47. The standard InChI is InChI=1S/C16H12ClNO3/c17-13-3-1-2-12(10-13)16(21)18-14-7-4-11(5-8-14)6-9-15(19)20/h1-10H,(H,18,21)(H,19,20)/b9-6+. The van der Waals surface area contributed by atoms with E-state index in [2.05, 4.69) is 5.32 Å². The van der Waals surface area contributed by atoms with Crippen molar-refractivity contribution >= 4 is 35.2 Å². The summed E-state index contributed by atoms with van der Waals surface area (Å²) >= 11 is 5.84. The number of nitrogens with one attached hydrogen (secondary N) is 1. The molecule has 2 aromatic rings. The summed E-state index contributed by atoms with van der Waals surface area (Å²) in [6, 6.07) is 13.5. The van der Waals surface area contributed by atoms with Crippen molar-refractivity contribution in [3.63, 3.8) is 0 Å². The molecule has 0 aromatic heterocycles. The zero-order chi connectivity index (χ0) is 15.2. The molecule has 1 amide bonds. The molecule has 0 fully saturated rings. The van der Waals surface area contributed by atoms with Crippen LogP contribution in [0.4, 0.5) is 5.69 Å². The van der Waals surface area contributed by atoms with E-state index in [1.165, 1.54) is 6.08 Å². The van der Waals surface area contributed by atoms with Crippen molar-refractivity contribution in [1.82, 2.24) is 0 Å². The lowest BCUT2D eigenvalue weighted by molar-refractivity contribution is -0.131.